The normalized spacial score (nSPS) is 11.0. The molecule has 0 aliphatic carbocycles. The molecule has 0 radical (unpaired) electrons. The van der Waals surface area contributed by atoms with Crippen LogP contribution in [0.3, 0.4) is 0 Å². The lowest BCUT2D eigenvalue weighted by Gasteiger charge is -2.10. The van der Waals surface area contributed by atoms with Gasteiger partial charge in [-0.05, 0) is 13.0 Å². The summed E-state index contributed by atoms with van der Waals surface area (Å²) in [6, 6.07) is 7.50. The number of guanidine groups is 1. The van der Waals surface area contributed by atoms with Crippen molar-refractivity contribution in [2.75, 3.05) is 12.4 Å². The van der Waals surface area contributed by atoms with Crippen LogP contribution in [-0.4, -0.2) is 34.2 Å². The van der Waals surface area contributed by atoms with Gasteiger partial charge in [-0.3, -0.25) is 15.2 Å². The maximum Gasteiger partial charge on any atom is 0.329 e. The summed E-state index contributed by atoms with van der Waals surface area (Å²) in [7, 11) is 1.59. The first kappa shape index (κ1) is 16.3. The van der Waals surface area contributed by atoms with E-state index in [4.69, 9.17) is 9.57 Å². The van der Waals surface area contributed by atoms with Crippen LogP contribution in [-0.2, 0) is 16.2 Å². The average molecular weight is 318 g/mol. The number of benzene rings is 1. The van der Waals surface area contributed by atoms with Gasteiger partial charge in [-0.2, -0.15) is 10.5 Å². The highest BCUT2D eigenvalue weighted by molar-refractivity contribution is 5.92. The summed E-state index contributed by atoms with van der Waals surface area (Å²) >= 11 is 0. The number of methoxy groups -OCH3 is 1. The molecule has 0 unspecified atom stereocenters. The average Bonchev–Trinajstić information content (AvgIpc) is 2.95. The minimum Gasteiger partial charge on any atom is -0.496 e. The molecule has 2 aromatic rings. The molecule has 0 spiro atoms. The van der Waals surface area contributed by atoms with Gasteiger partial charge in [-0.25, -0.2) is 4.99 Å². The minimum atomic E-state index is -0.497. The van der Waals surface area contributed by atoms with Gasteiger partial charge in [0.2, 0.25) is 11.9 Å². The molecule has 3 N–H and O–H groups in total. The van der Waals surface area contributed by atoms with Gasteiger partial charge in [0.15, 0.2) is 0 Å². The van der Waals surface area contributed by atoms with Crippen molar-refractivity contribution in [1.29, 1.82) is 0 Å². The number of aryl methyl sites for hydroxylation is 1. The number of ether oxygens (including phenoxy) is 1. The second-order valence-corrected chi connectivity index (χ2v) is 4.54. The van der Waals surface area contributed by atoms with E-state index in [1.165, 1.54) is 6.92 Å². The Kier molecular flexibility index (Phi) is 5.50. The molecule has 0 saturated heterocycles. The van der Waals surface area contributed by atoms with E-state index in [2.05, 4.69) is 31.0 Å². The van der Waals surface area contributed by atoms with Gasteiger partial charge < -0.3 is 9.57 Å². The molecule has 0 aliphatic rings. The maximum absolute atomic E-state index is 11.0. The first-order chi connectivity index (χ1) is 11.1. The fraction of sp³-hybridized carbons (Fsp3) is 0.286. The first-order valence-corrected chi connectivity index (χ1v) is 6.84. The Hall–Kier alpha value is -3.10. The molecule has 9 heteroatoms. The zero-order valence-corrected chi connectivity index (χ0v) is 13.1. The highest BCUT2D eigenvalue weighted by atomic mass is 16.7. The highest BCUT2D eigenvalue weighted by Crippen LogP contribution is 2.17. The number of hydrogen-bond donors (Lipinski definition) is 3. The van der Waals surface area contributed by atoms with Gasteiger partial charge in [-0.15, -0.1) is 5.10 Å². The quantitative estimate of drug-likeness (QED) is 0.440. The third-order valence-electron chi connectivity index (χ3n) is 2.72. The molecular formula is C14H18N6O3. The number of carbonyl (C=O) groups is 1. The minimum absolute atomic E-state index is 0.199. The van der Waals surface area contributed by atoms with Crippen LogP contribution in [0, 0.1) is 6.92 Å². The van der Waals surface area contributed by atoms with Crippen molar-refractivity contribution in [2.24, 2.45) is 4.99 Å². The summed E-state index contributed by atoms with van der Waals surface area (Å²) in [5.74, 6) is 1.37. The Morgan fingerprint density at radius 3 is 2.83 bits per heavy atom. The summed E-state index contributed by atoms with van der Waals surface area (Å²) in [6.07, 6.45) is 0. The summed E-state index contributed by atoms with van der Waals surface area (Å²) in [6.45, 7) is 3.36. The van der Waals surface area contributed by atoms with Crippen LogP contribution in [0.2, 0.25) is 0 Å². The van der Waals surface area contributed by atoms with Crippen LogP contribution in [0.5, 0.6) is 5.75 Å². The number of nitrogens with zero attached hydrogens (tertiary/aromatic N) is 3. The molecule has 23 heavy (non-hydrogen) atoms. The van der Waals surface area contributed by atoms with Crippen molar-refractivity contribution >= 4 is 17.9 Å². The van der Waals surface area contributed by atoms with E-state index in [0.717, 1.165) is 11.3 Å². The molecule has 1 heterocycles. The number of aromatic amines is 1. The zero-order valence-electron chi connectivity index (χ0n) is 13.1. The van der Waals surface area contributed by atoms with Crippen LogP contribution in [0.4, 0.5) is 5.95 Å². The van der Waals surface area contributed by atoms with Crippen molar-refractivity contribution in [2.45, 2.75) is 20.4 Å². The van der Waals surface area contributed by atoms with Crippen LogP contribution >= 0.6 is 0 Å². The number of hydroxylamine groups is 1. The molecule has 0 amide bonds. The van der Waals surface area contributed by atoms with E-state index in [-0.39, 0.29) is 5.96 Å². The number of aliphatic imine (C=N–C) groups is 1. The predicted molar refractivity (Wildman–Crippen MR) is 83.8 cm³/mol. The van der Waals surface area contributed by atoms with E-state index in [9.17, 15) is 4.79 Å². The van der Waals surface area contributed by atoms with Crippen molar-refractivity contribution in [3.63, 3.8) is 0 Å². The van der Waals surface area contributed by atoms with Gasteiger partial charge in [0, 0.05) is 12.5 Å². The molecular weight excluding hydrogens is 300 g/mol. The lowest BCUT2D eigenvalue weighted by atomic mass is 10.2. The zero-order chi connectivity index (χ0) is 16.7. The molecule has 0 atom stereocenters. The van der Waals surface area contributed by atoms with Crippen molar-refractivity contribution in [3.05, 3.63) is 35.7 Å². The van der Waals surface area contributed by atoms with E-state index < -0.39 is 5.97 Å². The van der Waals surface area contributed by atoms with Crippen LogP contribution < -0.4 is 15.5 Å². The molecule has 122 valence electrons. The summed E-state index contributed by atoms with van der Waals surface area (Å²) in [4.78, 5) is 24.1. The number of rotatable bonds is 4. The first-order valence-electron chi connectivity index (χ1n) is 6.84. The summed E-state index contributed by atoms with van der Waals surface area (Å²) in [5, 5.41) is 9.47. The maximum atomic E-state index is 11.0. The Morgan fingerprint density at radius 2 is 2.17 bits per heavy atom. The highest BCUT2D eigenvalue weighted by Gasteiger charge is 2.07. The number of carbonyl (C=O) groups excluding carboxylic acids is 1. The number of para-hydroxylation sites is 1. The van der Waals surface area contributed by atoms with Crippen LogP contribution in [0.25, 0.3) is 0 Å². The molecule has 0 bridgehead atoms. The third-order valence-corrected chi connectivity index (χ3v) is 2.72. The number of H-pyrrole nitrogens is 1. The molecule has 0 fully saturated rings. The third kappa shape index (κ3) is 4.99. The Labute approximate surface area is 133 Å². The van der Waals surface area contributed by atoms with Crippen LogP contribution in [0.15, 0.2) is 29.3 Å². The Balaban J connectivity index is 2.12. The van der Waals surface area contributed by atoms with Gasteiger partial charge in [-0.1, -0.05) is 18.2 Å². The SMILES string of the molecule is COc1ccccc1CN=C(NOC(C)=O)Nc1n[nH]c(C)n1. The Bertz CT molecular complexity index is 697. The smallest absolute Gasteiger partial charge is 0.329 e. The number of nitrogens with one attached hydrogen (secondary N) is 3. The molecule has 1 aromatic carbocycles. The fourth-order valence-electron chi connectivity index (χ4n) is 1.72. The van der Waals surface area contributed by atoms with Gasteiger partial charge in [0.1, 0.15) is 11.6 Å². The molecule has 0 aliphatic heterocycles. The monoisotopic (exact) mass is 318 g/mol. The molecule has 2 rings (SSSR count). The van der Waals surface area contributed by atoms with Gasteiger partial charge in [0.25, 0.3) is 0 Å². The van der Waals surface area contributed by atoms with Crippen molar-refractivity contribution in [3.8, 4) is 5.75 Å². The van der Waals surface area contributed by atoms with E-state index in [0.29, 0.717) is 18.3 Å². The number of anilines is 1. The lowest BCUT2D eigenvalue weighted by Crippen LogP contribution is -2.33. The summed E-state index contributed by atoms with van der Waals surface area (Å²) < 4.78 is 5.27. The second-order valence-electron chi connectivity index (χ2n) is 4.54. The fourth-order valence-corrected chi connectivity index (χ4v) is 1.72. The van der Waals surface area contributed by atoms with Gasteiger partial charge in [0.05, 0.1) is 13.7 Å². The van der Waals surface area contributed by atoms with Gasteiger partial charge >= 0.3 is 5.97 Å². The standard InChI is InChI=1S/C14H18N6O3/c1-9-16-14(19-18-9)17-13(20-23-10(2)21)15-8-11-6-4-5-7-12(11)22-3/h4-7H,8H2,1-3H3,(H3,15,16,17,18,19,20). The van der Waals surface area contributed by atoms with Crippen LogP contribution in [0.1, 0.15) is 18.3 Å². The second kappa shape index (κ2) is 7.78. The van der Waals surface area contributed by atoms with E-state index >= 15 is 0 Å². The Morgan fingerprint density at radius 1 is 1.39 bits per heavy atom. The van der Waals surface area contributed by atoms with Crippen molar-refractivity contribution < 1.29 is 14.4 Å². The predicted octanol–water partition coefficient (Wildman–Crippen LogP) is 1.16. The van der Waals surface area contributed by atoms with Crippen molar-refractivity contribution in [1.82, 2.24) is 20.7 Å². The molecule has 1 aromatic heterocycles. The molecule has 0 saturated carbocycles. The number of hydrogen-bond acceptors (Lipinski definition) is 6. The lowest BCUT2D eigenvalue weighted by molar-refractivity contribution is -0.145. The molecule has 9 nitrogen and oxygen atoms in total. The number of aromatic nitrogens is 3. The van der Waals surface area contributed by atoms with E-state index in [1.54, 1.807) is 14.0 Å². The summed E-state index contributed by atoms with van der Waals surface area (Å²) in [5.41, 5.74) is 3.32. The van der Waals surface area contributed by atoms with E-state index in [1.807, 2.05) is 24.3 Å². The topological polar surface area (TPSA) is 114 Å². The largest absolute Gasteiger partial charge is 0.496 e.